The summed E-state index contributed by atoms with van der Waals surface area (Å²) in [7, 11) is 3.19. The number of carbonyl (C=O) groups excluding carboxylic acids is 1. The van der Waals surface area contributed by atoms with Crippen molar-refractivity contribution in [3.05, 3.63) is 53.1 Å². The molecule has 29 heavy (non-hydrogen) atoms. The number of nitriles is 1. The van der Waals surface area contributed by atoms with Gasteiger partial charge in [-0.1, -0.05) is 17.7 Å². The van der Waals surface area contributed by atoms with Gasteiger partial charge in [-0.25, -0.2) is 0 Å². The number of carbonyl (C=O) groups is 1. The molecule has 0 radical (unpaired) electrons. The number of benzene rings is 2. The second-order valence-corrected chi connectivity index (χ2v) is 6.95. The molecule has 6 nitrogen and oxygen atoms in total. The Labute approximate surface area is 171 Å². The Morgan fingerprint density at radius 3 is 2.34 bits per heavy atom. The summed E-state index contributed by atoms with van der Waals surface area (Å²) in [5.41, 5.74) is 3.29. The molecule has 0 atom stereocenters. The van der Waals surface area contributed by atoms with Gasteiger partial charge in [0.1, 0.15) is 23.1 Å². The van der Waals surface area contributed by atoms with Crippen LogP contribution in [-0.4, -0.2) is 33.2 Å². The minimum absolute atomic E-state index is 0.0140. The predicted molar refractivity (Wildman–Crippen MR) is 114 cm³/mol. The van der Waals surface area contributed by atoms with Crippen LogP contribution < -0.4 is 19.7 Å². The number of rotatable bonds is 6. The van der Waals surface area contributed by atoms with Crippen LogP contribution >= 0.6 is 0 Å². The zero-order valence-electron chi connectivity index (χ0n) is 17.0. The van der Waals surface area contributed by atoms with Crippen molar-refractivity contribution in [1.82, 2.24) is 0 Å². The van der Waals surface area contributed by atoms with Crippen molar-refractivity contribution in [2.24, 2.45) is 0 Å². The Kier molecular flexibility index (Phi) is 6.40. The van der Waals surface area contributed by atoms with Gasteiger partial charge in [0, 0.05) is 30.4 Å². The smallest absolute Gasteiger partial charge is 0.266 e. The molecule has 1 N–H and O–H groups in total. The quantitative estimate of drug-likeness (QED) is 0.591. The predicted octanol–water partition coefficient (Wildman–Crippen LogP) is 4.16. The molecule has 150 valence electrons. The summed E-state index contributed by atoms with van der Waals surface area (Å²) in [6.07, 6.45) is 3.81. The molecule has 1 aliphatic rings. The van der Waals surface area contributed by atoms with Crippen LogP contribution in [-0.2, 0) is 4.79 Å². The fraction of sp³-hybridized carbons (Fsp3) is 0.304. The first-order chi connectivity index (χ1) is 14.0. The maximum Gasteiger partial charge on any atom is 0.266 e. The van der Waals surface area contributed by atoms with Crippen LogP contribution in [0.5, 0.6) is 11.5 Å². The Hall–Kier alpha value is -3.46. The van der Waals surface area contributed by atoms with Crippen molar-refractivity contribution in [3.8, 4) is 17.6 Å². The van der Waals surface area contributed by atoms with E-state index in [1.807, 2.05) is 37.3 Å². The third-order valence-corrected chi connectivity index (χ3v) is 4.95. The van der Waals surface area contributed by atoms with Gasteiger partial charge in [-0.05, 0) is 44.0 Å². The highest BCUT2D eigenvalue weighted by Crippen LogP contribution is 2.38. The lowest BCUT2D eigenvalue weighted by atomic mass is 10.1. The van der Waals surface area contributed by atoms with Crippen LogP contribution in [0.15, 0.2) is 42.0 Å². The topological polar surface area (TPSA) is 74.6 Å². The molecular weight excluding hydrogens is 366 g/mol. The maximum absolute atomic E-state index is 12.6. The number of aryl methyl sites for hydroxylation is 1. The van der Waals surface area contributed by atoms with Gasteiger partial charge in [-0.3, -0.25) is 4.79 Å². The molecule has 0 aromatic heterocycles. The van der Waals surface area contributed by atoms with E-state index in [1.165, 1.54) is 6.08 Å². The molecule has 0 aliphatic carbocycles. The van der Waals surface area contributed by atoms with Crippen molar-refractivity contribution in [1.29, 1.82) is 5.26 Å². The molecule has 6 heteroatoms. The van der Waals surface area contributed by atoms with Crippen LogP contribution in [0.4, 0.5) is 11.4 Å². The second-order valence-electron chi connectivity index (χ2n) is 6.95. The molecule has 0 spiro atoms. The van der Waals surface area contributed by atoms with E-state index in [1.54, 1.807) is 26.4 Å². The van der Waals surface area contributed by atoms with Gasteiger partial charge in [0.05, 0.1) is 19.9 Å². The fourth-order valence-corrected chi connectivity index (χ4v) is 3.36. The Bertz CT molecular complexity index is 953. The highest BCUT2D eigenvalue weighted by Gasteiger charge is 2.20. The molecule has 0 unspecified atom stereocenters. The monoisotopic (exact) mass is 391 g/mol. The van der Waals surface area contributed by atoms with Crippen LogP contribution in [0.2, 0.25) is 0 Å². The van der Waals surface area contributed by atoms with E-state index in [4.69, 9.17) is 9.47 Å². The number of hydrogen-bond donors (Lipinski definition) is 1. The van der Waals surface area contributed by atoms with Gasteiger partial charge in [0.25, 0.3) is 5.91 Å². The first-order valence-electron chi connectivity index (χ1n) is 9.56. The lowest BCUT2D eigenvalue weighted by Crippen LogP contribution is -2.18. The average molecular weight is 391 g/mol. The fourth-order valence-electron chi connectivity index (χ4n) is 3.36. The number of nitrogens with one attached hydrogen (secondary N) is 1. The standard InChI is InChI=1S/C23H25N3O3/c1-16-6-8-19(9-7-16)25-23(27)18(15-24)12-17-13-22(29-3)20(14-21(17)28-2)26-10-4-5-11-26/h6-9,12-14H,4-5,10-11H2,1-3H3,(H,25,27)/b18-12-. The summed E-state index contributed by atoms with van der Waals surface area (Å²) in [5.74, 6) is 0.805. The third-order valence-electron chi connectivity index (χ3n) is 4.95. The normalized spacial score (nSPS) is 13.7. The number of anilines is 2. The van der Waals surface area contributed by atoms with Crippen LogP contribution in [0.25, 0.3) is 6.08 Å². The largest absolute Gasteiger partial charge is 0.496 e. The first-order valence-corrected chi connectivity index (χ1v) is 9.56. The summed E-state index contributed by atoms with van der Waals surface area (Å²) >= 11 is 0. The highest BCUT2D eigenvalue weighted by molar-refractivity contribution is 6.09. The molecule has 2 aromatic rings. The summed E-state index contributed by atoms with van der Waals surface area (Å²) in [4.78, 5) is 14.8. The minimum Gasteiger partial charge on any atom is -0.496 e. The van der Waals surface area contributed by atoms with E-state index in [9.17, 15) is 10.1 Å². The Morgan fingerprint density at radius 1 is 1.10 bits per heavy atom. The second kappa shape index (κ2) is 9.16. The number of amides is 1. The van der Waals surface area contributed by atoms with Crippen molar-refractivity contribution < 1.29 is 14.3 Å². The Morgan fingerprint density at radius 2 is 1.76 bits per heavy atom. The van der Waals surface area contributed by atoms with Gasteiger partial charge in [0.15, 0.2) is 0 Å². The van der Waals surface area contributed by atoms with E-state index < -0.39 is 5.91 Å². The minimum atomic E-state index is -0.471. The average Bonchev–Trinajstić information content (AvgIpc) is 3.27. The molecular formula is C23H25N3O3. The molecule has 2 aromatic carbocycles. The summed E-state index contributed by atoms with van der Waals surface area (Å²) in [5, 5.41) is 12.3. The summed E-state index contributed by atoms with van der Waals surface area (Å²) < 4.78 is 11.1. The number of methoxy groups -OCH3 is 2. The van der Waals surface area contributed by atoms with E-state index in [0.717, 1.165) is 37.2 Å². The molecule has 0 saturated carbocycles. The van der Waals surface area contributed by atoms with Gasteiger partial charge < -0.3 is 19.7 Å². The molecule has 0 bridgehead atoms. The van der Waals surface area contributed by atoms with Gasteiger partial charge in [-0.15, -0.1) is 0 Å². The first kappa shape index (κ1) is 20.3. The van der Waals surface area contributed by atoms with Crippen LogP contribution in [0.1, 0.15) is 24.0 Å². The SMILES string of the molecule is COc1cc(N2CCCC2)c(OC)cc1/C=C(/C#N)C(=O)Nc1ccc(C)cc1. The number of hydrogen-bond acceptors (Lipinski definition) is 5. The molecule has 1 aliphatic heterocycles. The van der Waals surface area contributed by atoms with Crippen molar-refractivity contribution in [2.75, 3.05) is 37.5 Å². The zero-order valence-corrected chi connectivity index (χ0v) is 17.0. The van der Waals surface area contributed by atoms with E-state index >= 15 is 0 Å². The van der Waals surface area contributed by atoms with Crippen molar-refractivity contribution >= 4 is 23.4 Å². The van der Waals surface area contributed by atoms with E-state index in [0.29, 0.717) is 22.7 Å². The summed E-state index contributed by atoms with van der Waals surface area (Å²) in [6.45, 7) is 3.91. The molecule has 1 fully saturated rings. The lowest BCUT2D eigenvalue weighted by molar-refractivity contribution is -0.112. The molecule has 1 heterocycles. The summed E-state index contributed by atoms with van der Waals surface area (Å²) in [6, 6.07) is 13.1. The molecule has 1 saturated heterocycles. The van der Waals surface area contributed by atoms with Gasteiger partial charge in [0.2, 0.25) is 0 Å². The third kappa shape index (κ3) is 4.69. The van der Waals surface area contributed by atoms with Gasteiger partial charge in [-0.2, -0.15) is 5.26 Å². The number of nitrogens with zero attached hydrogens (tertiary/aromatic N) is 2. The highest BCUT2D eigenvalue weighted by atomic mass is 16.5. The van der Waals surface area contributed by atoms with Gasteiger partial charge >= 0.3 is 0 Å². The van der Waals surface area contributed by atoms with Crippen LogP contribution in [0, 0.1) is 18.3 Å². The van der Waals surface area contributed by atoms with E-state index in [2.05, 4.69) is 10.2 Å². The number of ether oxygens (including phenoxy) is 2. The van der Waals surface area contributed by atoms with Crippen molar-refractivity contribution in [2.45, 2.75) is 19.8 Å². The lowest BCUT2D eigenvalue weighted by Gasteiger charge is -2.22. The van der Waals surface area contributed by atoms with Crippen molar-refractivity contribution in [3.63, 3.8) is 0 Å². The maximum atomic E-state index is 12.6. The molecule has 3 rings (SSSR count). The molecule has 1 amide bonds. The van der Waals surface area contributed by atoms with Crippen LogP contribution in [0.3, 0.4) is 0 Å². The zero-order chi connectivity index (χ0) is 20.8. The van der Waals surface area contributed by atoms with E-state index in [-0.39, 0.29) is 5.57 Å². The Balaban J connectivity index is 1.92.